The molecule has 0 aliphatic heterocycles. The monoisotopic (exact) mass is 278 g/mol. The van der Waals surface area contributed by atoms with E-state index in [1.165, 1.54) is 23.5 Å². The molecule has 110 valence electrons. The number of hydrogen-bond donors (Lipinski definition) is 2. The third-order valence-electron chi connectivity index (χ3n) is 2.78. The molecule has 2 aromatic heterocycles. The Bertz CT molecular complexity index is 593. The van der Waals surface area contributed by atoms with Gasteiger partial charge in [-0.1, -0.05) is 26.7 Å². The number of nitrogens with two attached hydrogens (primary N) is 1. The van der Waals surface area contributed by atoms with Crippen LogP contribution in [-0.4, -0.2) is 26.2 Å². The van der Waals surface area contributed by atoms with E-state index in [0.29, 0.717) is 18.6 Å². The second kappa shape index (κ2) is 8.27. The Morgan fingerprint density at radius 3 is 2.60 bits per heavy atom. The molecule has 3 N–H and O–H groups in total. The van der Waals surface area contributed by atoms with Crippen LogP contribution in [0.1, 0.15) is 33.1 Å². The third-order valence-corrected chi connectivity index (χ3v) is 2.78. The van der Waals surface area contributed by atoms with Crippen LogP contribution in [-0.2, 0) is 6.54 Å². The van der Waals surface area contributed by atoms with Crippen LogP contribution in [0.5, 0.6) is 0 Å². The van der Waals surface area contributed by atoms with Crippen molar-refractivity contribution < 1.29 is 5.11 Å². The van der Waals surface area contributed by atoms with Crippen LogP contribution < -0.4 is 11.3 Å². The molecule has 2 aromatic rings. The number of nitrogens with zero attached hydrogens (tertiary/aromatic N) is 3. The van der Waals surface area contributed by atoms with E-state index in [4.69, 9.17) is 10.8 Å². The second-order valence-corrected chi connectivity index (χ2v) is 4.41. The number of aliphatic hydroxyl groups excluding tert-OH is 1. The van der Waals surface area contributed by atoms with Crippen LogP contribution in [0.4, 0.5) is 5.95 Å². The van der Waals surface area contributed by atoms with Crippen LogP contribution >= 0.6 is 0 Å². The third kappa shape index (κ3) is 4.31. The molecule has 0 saturated carbocycles. The summed E-state index contributed by atoms with van der Waals surface area (Å²) < 4.78 is 1.49. The fourth-order valence-corrected chi connectivity index (χ4v) is 1.53. The maximum absolute atomic E-state index is 11.6. The van der Waals surface area contributed by atoms with Gasteiger partial charge in [-0.3, -0.25) is 9.36 Å². The fourth-order valence-electron chi connectivity index (χ4n) is 1.53. The van der Waals surface area contributed by atoms with Crippen LogP contribution in [0.2, 0.25) is 0 Å². The lowest BCUT2D eigenvalue weighted by molar-refractivity contribution is 0.280. The predicted octanol–water partition coefficient (Wildman–Crippen LogP) is 1.56. The number of fused-ring (bicyclic) bond motifs is 1. The van der Waals surface area contributed by atoms with Crippen molar-refractivity contribution >= 4 is 17.0 Å². The maximum Gasteiger partial charge on any atom is 0.252 e. The smallest absolute Gasteiger partial charge is 0.252 e. The molecular weight excluding hydrogens is 256 g/mol. The van der Waals surface area contributed by atoms with Gasteiger partial charge in [0.05, 0.1) is 0 Å². The number of anilines is 1. The number of rotatable bonds is 4. The lowest BCUT2D eigenvalue weighted by Gasteiger charge is -2.07. The molecule has 20 heavy (non-hydrogen) atoms. The van der Waals surface area contributed by atoms with E-state index < -0.39 is 0 Å². The predicted molar refractivity (Wildman–Crippen MR) is 80.5 cm³/mol. The van der Waals surface area contributed by atoms with Crippen LogP contribution in [0, 0.1) is 0 Å². The van der Waals surface area contributed by atoms with E-state index in [1.807, 2.05) is 0 Å². The lowest BCUT2D eigenvalue weighted by atomic mass is 10.3. The highest BCUT2D eigenvalue weighted by Gasteiger charge is 2.04. The first kappa shape index (κ1) is 16.1. The van der Waals surface area contributed by atoms with Crippen molar-refractivity contribution in [1.29, 1.82) is 0 Å². The Hall–Kier alpha value is -1.95. The number of nitrogen functional groups attached to an aromatic ring is 1. The summed E-state index contributed by atoms with van der Waals surface area (Å²) in [6.07, 6.45) is 4.72. The van der Waals surface area contributed by atoms with E-state index in [9.17, 15) is 4.79 Å². The molecular formula is C14H22N4O2. The normalized spacial score (nSPS) is 10.2. The molecule has 0 unspecified atom stereocenters. The minimum Gasteiger partial charge on any atom is -0.396 e. The minimum atomic E-state index is -0.154. The van der Waals surface area contributed by atoms with E-state index in [0.717, 1.165) is 5.39 Å². The van der Waals surface area contributed by atoms with Gasteiger partial charge in [0, 0.05) is 30.8 Å². The SMILES string of the molecule is CCCC.Nc1ncc2ccc(=O)n(CCCO)c2n1. The highest BCUT2D eigenvalue weighted by atomic mass is 16.3. The molecule has 0 aliphatic carbocycles. The molecule has 0 bridgehead atoms. The van der Waals surface area contributed by atoms with Gasteiger partial charge >= 0.3 is 0 Å². The topological polar surface area (TPSA) is 94.0 Å². The molecule has 2 heterocycles. The van der Waals surface area contributed by atoms with Crippen LogP contribution in [0.3, 0.4) is 0 Å². The van der Waals surface area contributed by atoms with Crippen molar-refractivity contribution in [3.05, 3.63) is 28.7 Å². The van der Waals surface area contributed by atoms with Gasteiger partial charge in [0.1, 0.15) is 5.65 Å². The summed E-state index contributed by atoms with van der Waals surface area (Å²) in [5.41, 5.74) is 5.84. The second-order valence-electron chi connectivity index (χ2n) is 4.41. The molecule has 0 saturated heterocycles. The largest absolute Gasteiger partial charge is 0.396 e. The first-order valence-corrected chi connectivity index (χ1v) is 6.87. The zero-order valence-corrected chi connectivity index (χ0v) is 12.0. The van der Waals surface area contributed by atoms with Gasteiger partial charge in [-0.2, -0.15) is 4.98 Å². The number of aromatic nitrogens is 3. The Morgan fingerprint density at radius 2 is 2.00 bits per heavy atom. The summed E-state index contributed by atoms with van der Waals surface area (Å²) >= 11 is 0. The standard InChI is InChI=1S/C10H12N4O2.C4H10/c11-10-12-6-7-2-3-8(16)14(4-1-5-15)9(7)13-10;1-3-4-2/h2-3,6,15H,1,4-5H2,(H2,11,12,13);3-4H2,1-2H3. The number of hydrogen-bond acceptors (Lipinski definition) is 5. The van der Waals surface area contributed by atoms with Crippen molar-refractivity contribution in [2.24, 2.45) is 0 Å². The Morgan fingerprint density at radius 1 is 1.30 bits per heavy atom. The first-order valence-electron chi connectivity index (χ1n) is 6.87. The number of unbranched alkanes of at least 4 members (excludes halogenated alkanes) is 1. The fraction of sp³-hybridized carbons (Fsp3) is 0.500. The number of pyridine rings is 1. The number of aryl methyl sites for hydroxylation is 1. The molecule has 6 heteroatoms. The molecule has 6 nitrogen and oxygen atoms in total. The van der Waals surface area contributed by atoms with Crippen LogP contribution in [0.25, 0.3) is 11.0 Å². The quantitative estimate of drug-likeness (QED) is 0.885. The lowest BCUT2D eigenvalue weighted by Crippen LogP contribution is -2.21. The molecule has 0 aromatic carbocycles. The summed E-state index contributed by atoms with van der Waals surface area (Å²) in [6.45, 7) is 4.81. The van der Waals surface area contributed by atoms with Gasteiger partial charge < -0.3 is 10.8 Å². The van der Waals surface area contributed by atoms with E-state index in [2.05, 4.69) is 23.8 Å². The zero-order valence-electron chi connectivity index (χ0n) is 12.0. The Balaban J connectivity index is 0.000000444. The van der Waals surface area contributed by atoms with Gasteiger partial charge in [-0.15, -0.1) is 0 Å². The molecule has 0 aliphatic rings. The van der Waals surface area contributed by atoms with Gasteiger partial charge in [0.25, 0.3) is 5.56 Å². The summed E-state index contributed by atoms with van der Waals surface area (Å²) in [5, 5.41) is 9.53. The average molecular weight is 278 g/mol. The molecule has 0 atom stereocenters. The average Bonchev–Trinajstić information content (AvgIpc) is 2.46. The van der Waals surface area contributed by atoms with E-state index in [1.54, 1.807) is 12.3 Å². The van der Waals surface area contributed by atoms with Crippen LogP contribution in [0.15, 0.2) is 23.1 Å². The maximum atomic E-state index is 11.6. The van der Waals surface area contributed by atoms with Crippen molar-refractivity contribution in [3.63, 3.8) is 0 Å². The van der Waals surface area contributed by atoms with E-state index >= 15 is 0 Å². The zero-order chi connectivity index (χ0) is 15.0. The molecule has 0 spiro atoms. The first-order chi connectivity index (χ1) is 9.63. The Kier molecular flexibility index (Phi) is 6.66. The number of aliphatic hydroxyl groups is 1. The van der Waals surface area contributed by atoms with Gasteiger partial charge in [-0.05, 0) is 12.5 Å². The van der Waals surface area contributed by atoms with Gasteiger partial charge in [0.15, 0.2) is 0 Å². The summed E-state index contributed by atoms with van der Waals surface area (Å²) in [4.78, 5) is 19.5. The minimum absolute atomic E-state index is 0.0311. The Labute approximate surface area is 118 Å². The summed E-state index contributed by atoms with van der Waals surface area (Å²) in [5.74, 6) is 0.135. The highest BCUT2D eigenvalue weighted by Crippen LogP contribution is 2.09. The van der Waals surface area contributed by atoms with Crippen molar-refractivity contribution in [1.82, 2.24) is 14.5 Å². The van der Waals surface area contributed by atoms with Crippen molar-refractivity contribution in [2.45, 2.75) is 39.7 Å². The summed E-state index contributed by atoms with van der Waals surface area (Å²) in [6, 6.07) is 3.12. The highest BCUT2D eigenvalue weighted by molar-refractivity contribution is 5.74. The molecule has 0 radical (unpaired) electrons. The molecule has 2 rings (SSSR count). The van der Waals surface area contributed by atoms with E-state index in [-0.39, 0.29) is 18.1 Å². The molecule has 0 fully saturated rings. The summed E-state index contributed by atoms with van der Waals surface area (Å²) in [7, 11) is 0. The van der Waals surface area contributed by atoms with Crippen molar-refractivity contribution in [3.8, 4) is 0 Å². The van der Waals surface area contributed by atoms with Gasteiger partial charge in [-0.25, -0.2) is 4.98 Å². The van der Waals surface area contributed by atoms with Gasteiger partial charge in [0.2, 0.25) is 5.95 Å². The molecule has 0 amide bonds. The van der Waals surface area contributed by atoms with Crippen molar-refractivity contribution in [2.75, 3.05) is 12.3 Å².